The summed E-state index contributed by atoms with van der Waals surface area (Å²) in [7, 11) is 0. The molecular formula is C22H26N4O5. The zero-order valence-electron chi connectivity index (χ0n) is 16.9. The number of nitrogens with one attached hydrogen (secondary N) is 3. The summed E-state index contributed by atoms with van der Waals surface area (Å²) in [5.41, 5.74) is 6.89. The maximum atomic E-state index is 12.6. The highest BCUT2D eigenvalue weighted by molar-refractivity contribution is 5.92. The van der Waals surface area contributed by atoms with Gasteiger partial charge in [0.05, 0.1) is 13.1 Å². The van der Waals surface area contributed by atoms with Crippen molar-refractivity contribution < 1.29 is 24.3 Å². The number of carboxylic acid groups (broad SMARTS) is 1. The van der Waals surface area contributed by atoms with Crippen LogP contribution in [0.25, 0.3) is 0 Å². The van der Waals surface area contributed by atoms with Gasteiger partial charge in [-0.05, 0) is 11.1 Å². The summed E-state index contributed by atoms with van der Waals surface area (Å²) in [5.74, 6) is -2.91. The van der Waals surface area contributed by atoms with Gasteiger partial charge in [-0.2, -0.15) is 0 Å². The van der Waals surface area contributed by atoms with E-state index >= 15 is 0 Å². The molecule has 0 aliphatic carbocycles. The molecule has 0 aromatic heterocycles. The minimum Gasteiger partial charge on any atom is -0.480 e. The van der Waals surface area contributed by atoms with Gasteiger partial charge in [0.25, 0.3) is 0 Å². The molecule has 0 bridgehead atoms. The van der Waals surface area contributed by atoms with Gasteiger partial charge >= 0.3 is 5.97 Å². The van der Waals surface area contributed by atoms with E-state index in [2.05, 4.69) is 16.0 Å². The van der Waals surface area contributed by atoms with Gasteiger partial charge in [-0.1, -0.05) is 60.7 Å². The molecule has 9 heteroatoms. The third-order valence-corrected chi connectivity index (χ3v) is 4.46. The second-order valence-electron chi connectivity index (χ2n) is 6.88. The highest BCUT2D eigenvalue weighted by atomic mass is 16.4. The maximum absolute atomic E-state index is 12.6. The summed E-state index contributed by atoms with van der Waals surface area (Å²) in [5, 5.41) is 16.7. The Bertz CT molecular complexity index is 889. The lowest BCUT2D eigenvalue weighted by Crippen LogP contribution is -2.52. The van der Waals surface area contributed by atoms with Gasteiger partial charge in [-0.15, -0.1) is 0 Å². The molecule has 0 aliphatic heterocycles. The molecule has 0 fully saturated rings. The number of hydrogen-bond donors (Lipinski definition) is 5. The number of benzene rings is 2. The number of carbonyl (C=O) groups excluding carboxylic acids is 3. The highest BCUT2D eigenvalue weighted by Gasteiger charge is 2.23. The smallest absolute Gasteiger partial charge is 0.326 e. The highest BCUT2D eigenvalue weighted by Crippen LogP contribution is 2.05. The number of carboxylic acids is 1. The van der Waals surface area contributed by atoms with Gasteiger partial charge in [-0.25, -0.2) is 4.79 Å². The molecule has 0 unspecified atom stereocenters. The summed E-state index contributed by atoms with van der Waals surface area (Å²) >= 11 is 0. The van der Waals surface area contributed by atoms with Gasteiger partial charge in [-0.3, -0.25) is 14.4 Å². The van der Waals surface area contributed by atoms with E-state index in [-0.39, 0.29) is 19.4 Å². The molecule has 2 aromatic carbocycles. The van der Waals surface area contributed by atoms with Crippen LogP contribution in [0.4, 0.5) is 0 Å². The van der Waals surface area contributed by atoms with Crippen molar-refractivity contribution in [2.75, 3.05) is 13.1 Å². The zero-order chi connectivity index (χ0) is 22.6. The summed E-state index contributed by atoms with van der Waals surface area (Å²) in [6.07, 6.45) is 0.324. The first kappa shape index (κ1) is 23.6. The Morgan fingerprint density at radius 3 is 1.74 bits per heavy atom. The van der Waals surface area contributed by atoms with Crippen molar-refractivity contribution in [2.24, 2.45) is 5.73 Å². The first-order valence-corrected chi connectivity index (χ1v) is 9.76. The van der Waals surface area contributed by atoms with E-state index in [1.807, 2.05) is 24.3 Å². The van der Waals surface area contributed by atoms with E-state index in [0.29, 0.717) is 0 Å². The van der Waals surface area contributed by atoms with Gasteiger partial charge in [0.1, 0.15) is 12.1 Å². The van der Waals surface area contributed by atoms with Crippen LogP contribution < -0.4 is 21.7 Å². The number of hydrogen-bond acceptors (Lipinski definition) is 5. The molecule has 0 saturated carbocycles. The van der Waals surface area contributed by atoms with Crippen LogP contribution >= 0.6 is 0 Å². The van der Waals surface area contributed by atoms with Gasteiger partial charge < -0.3 is 26.8 Å². The SMILES string of the molecule is NCC(=O)N[C@@H](Cc1ccccc1)C(=O)NCC(=O)N[C@@H](Cc1ccccc1)C(=O)O. The van der Waals surface area contributed by atoms with Crippen molar-refractivity contribution in [1.29, 1.82) is 0 Å². The summed E-state index contributed by atoms with van der Waals surface area (Å²) in [4.78, 5) is 47.9. The average Bonchev–Trinajstić information content (AvgIpc) is 2.77. The van der Waals surface area contributed by atoms with E-state index in [1.165, 1.54) is 0 Å². The maximum Gasteiger partial charge on any atom is 0.326 e. The summed E-state index contributed by atoms with van der Waals surface area (Å²) in [6.45, 7) is -0.708. The number of nitrogens with two attached hydrogens (primary N) is 1. The third-order valence-electron chi connectivity index (χ3n) is 4.46. The number of amides is 3. The van der Waals surface area contributed by atoms with E-state index < -0.39 is 42.3 Å². The van der Waals surface area contributed by atoms with Crippen LogP contribution in [0.15, 0.2) is 60.7 Å². The van der Waals surface area contributed by atoms with Crippen LogP contribution in [-0.2, 0) is 32.0 Å². The second kappa shape index (κ2) is 12.1. The molecule has 3 amide bonds. The van der Waals surface area contributed by atoms with Crippen LogP contribution in [0.2, 0.25) is 0 Å². The third kappa shape index (κ3) is 8.27. The van der Waals surface area contributed by atoms with Crippen molar-refractivity contribution in [3.8, 4) is 0 Å². The molecule has 0 aliphatic rings. The lowest BCUT2D eigenvalue weighted by atomic mass is 10.1. The van der Waals surface area contributed by atoms with Crippen LogP contribution in [0.3, 0.4) is 0 Å². The second-order valence-corrected chi connectivity index (χ2v) is 6.88. The van der Waals surface area contributed by atoms with Crippen molar-refractivity contribution in [3.05, 3.63) is 71.8 Å². The molecule has 31 heavy (non-hydrogen) atoms. The van der Waals surface area contributed by atoms with Crippen LogP contribution in [0.5, 0.6) is 0 Å². The lowest BCUT2D eigenvalue weighted by molar-refractivity contribution is -0.141. The molecule has 9 nitrogen and oxygen atoms in total. The predicted octanol–water partition coefficient (Wildman–Crippen LogP) is -0.399. The first-order chi connectivity index (χ1) is 14.9. The molecule has 2 atom stereocenters. The minimum atomic E-state index is -1.18. The fraction of sp³-hybridized carbons (Fsp3) is 0.273. The normalized spacial score (nSPS) is 12.3. The molecule has 0 radical (unpaired) electrons. The number of aliphatic carboxylic acids is 1. The monoisotopic (exact) mass is 426 g/mol. The Kier molecular flexibility index (Phi) is 9.18. The average molecular weight is 426 g/mol. The van der Waals surface area contributed by atoms with E-state index in [0.717, 1.165) is 11.1 Å². The van der Waals surface area contributed by atoms with E-state index in [4.69, 9.17) is 5.73 Å². The Morgan fingerprint density at radius 1 is 0.774 bits per heavy atom. The standard InChI is InChI=1S/C22H26N4O5/c23-13-19(27)25-17(11-15-7-3-1-4-8-15)21(29)24-14-20(28)26-18(22(30)31)12-16-9-5-2-6-10-16/h1-10,17-18H,11-14,23H2,(H,24,29)(H,25,27)(H,26,28)(H,30,31)/t17-,18-/m0/s1. The molecule has 0 saturated heterocycles. The number of rotatable bonds is 11. The Hall–Kier alpha value is -3.72. The van der Waals surface area contributed by atoms with Crippen molar-refractivity contribution in [1.82, 2.24) is 16.0 Å². The Labute approximate surface area is 180 Å². The van der Waals surface area contributed by atoms with E-state index in [1.54, 1.807) is 36.4 Å². The fourth-order valence-electron chi connectivity index (χ4n) is 2.90. The van der Waals surface area contributed by atoms with Crippen molar-refractivity contribution in [2.45, 2.75) is 24.9 Å². The largest absolute Gasteiger partial charge is 0.480 e. The molecule has 0 spiro atoms. The molecular weight excluding hydrogens is 400 g/mol. The molecule has 164 valence electrons. The van der Waals surface area contributed by atoms with Crippen molar-refractivity contribution >= 4 is 23.7 Å². The summed E-state index contributed by atoms with van der Waals surface area (Å²) in [6, 6.07) is 15.9. The van der Waals surface area contributed by atoms with Crippen molar-refractivity contribution in [3.63, 3.8) is 0 Å². The Morgan fingerprint density at radius 2 is 1.26 bits per heavy atom. The minimum absolute atomic E-state index is 0.110. The molecule has 2 aromatic rings. The lowest BCUT2D eigenvalue weighted by Gasteiger charge is -2.19. The fourth-order valence-corrected chi connectivity index (χ4v) is 2.90. The zero-order valence-corrected chi connectivity index (χ0v) is 16.9. The summed E-state index contributed by atoms with van der Waals surface area (Å²) < 4.78 is 0. The van der Waals surface area contributed by atoms with Gasteiger partial charge in [0, 0.05) is 12.8 Å². The molecule has 6 N–H and O–H groups in total. The quantitative estimate of drug-likeness (QED) is 0.330. The number of carbonyl (C=O) groups is 4. The predicted molar refractivity (Wildman–Crippen MR) is 114 cm³/mol. The van der Waals surface area contributed by atoms with Crippen LogP contribution in [0, 0.1) is 0 Å². The molecule has 2 rings (SSSR count). The Balaban J connectivity index is 1.93. The van der Waals surface area contributed by atoms with E-state index in [9.17, 15) is 24.3 Å². The van der Waals surface area contributed by atoms with Crippen LogP contribution in [0.1, 0.15) is 11.1 Å². The van der Waals surface area contributed by atoms with Gasteiger partial charge in [0.15, 0.2) is 0 Å². The van der Waals surface area contributed by atoms with Crippen LogP contribution in [-0.4, -0.2) is 54.0 Å². The molecule has 0 heterocycles. The van der Waals surface area contributed by atoms with Gasteiger partial charge in [0.2, 0.25) is 17.7 Å². The first-order valence-electron chi connectivity index (χ1n) is 9.76. The topological polar surface area (TPSA) is 151 Å².